The third kappa shape index (κ3) is 6.30. The molecule has 2 aromatic rings. The van der Waals surface area contributed by atoms with Gasteiger partial charge in [0.05, 0.1) is 9.79 Å². The summed E-state index contributed by atoms with van der Waals surface area (Å²) in [6, 6.07) is 12.0. The summed E-state index contributed by atoms with van der Waals surface area (Å²) in [5, 5.41) is 5.00. The fourth-order valence-corrected chi connectivity index (χ4v) is 3.83. The summed E-state index contributed by atoms with van der Waals surface area (Å²) in [5.41, 5.74) is 0. The quantitative estimate of drug-likeness (QED) is 0.440. The number of benzene rings is 2. The van der Waals surface area contributed by atoms with Crippen molar-refractivity contribution in [3.8, 4) is 5.75 Å². The van der Waals surface area contributed by atoms with Gasteiger partial charge in [0.25, 0.3) is 0 Å². The van der Waals surface area contributed by atoms with E-state index in [9.17, 15) is 21.6 Å². The number of primary sulfonamides is 1. The Balaban J connectivity index is 1.79. The van der Waals surface area contributed by atoms with Crippen LogP contribution in [-0.4, -0.2) is 42.1 Å². The lowest BCUT2D eigenvalue weighted by molar-refractivity contribution is -0.145. The SMILES string of the molecule is C[C@H](NS(=O)(=O)c1ccccc1)C(=O)OCCOc1ccc(S(N)(=O)=O)cc1. The highest BCUT2D eigenvalue weighted by Gasteiger charge is 2.22. The van der Waals surface area contributed by atoms with E-state index in [-0.39, 0.29) is 23.0 Å². The van der Waals surface area contributed by atoms with E-state index in [0.29, 0.717) is 5.75 Å². The Kier molecular flexibility index (Phi) is 7.13. The average Bonchev–Trinajstić information content (AvgIpc) is 2.65. The molecule has 0 aliphatic carbocycles. The first-order valence-electron chi connectivity index (χ1n) is 8.09. The minimum atomic E-state index is -3.84. The van der Waals surface area contributed by atoms with E-state index in [1.165, 1.54) is 43.3 Å². The van der Waals surface area contributed by atoms with Crippen LogP contribution in [0.1, 0.15) is 6.92 Å². The van der Waals surface area contributed by atoms with Gasteiger partial charge >= 0.3 is 5.97 Å². The number of carbonyl (C=O) groups is 1. The zero-order chi connectivity index (χ0) is 20.8. The maximum absolute atomic E-state index is 12.2. The summed E-state index contributed by atoms with van der Waals surface area (Å²) >= 11 is 0. The Bertz CT molecular complexity index is 1010. The summed E-state index contributed by atoms with van der Waals surface area (Å²) in [6.45, 7) is 1.25. The van der Waals surface area contributed by atoms with Crippen molar-refractivity contribution in [1.82, 2.24) is 4.72 Å². The number of sulfonamides is 2. The first-order valence-corrected chi connectivity index (χ1v) is 11.1. The maximum atomic E-state index is 12.2. The predicted octanol–water partition coefficient (Wildman–Crippen LogP) is 0.623. The molecule has 9 nitrogen and oxygen atoms in total. The summed E-state index contributed by atoms with van der Waals surface area (Å²) in [6.07, 6.45) is 0. The fourth-order valence-electron chi connectivity index (χ4n) is 2.10. The molecule has 2 aromatic carbocycles. The molecule has 0 radical (unpaired) electrons. The van der Waals surface area contributed by atoms with Crippen LogP contribution in [0, 0.1) is 0 Å². The Hall–Kier alpha value is -2.47. The molecule has 0 aliphatic rings. The van der Waals surface area contributed by atoms with E-state index in [1.54, 1.807) is 18.2 Å². The predicted molar refractivity (Wildman–Crippen MR) is 100 cm³/mol. The van der Waals surface area contributed by atoms with E-state index < -0.39 is 32.1 Å². The highest BCUT2D eigenvalue weighted by Crippen LogP contribution is 2.14. The van der Waals surface area contributed by atoms with Crippen LogP contribution >= 0.6 is 0 Å². The van der Waals surface area contributed by atoms with Crippen LogP contribution in [0.2, 0.25) is 0 Å². The lowest BCUT2D eigenvalue weighted by Gasteiger charge is -2.14. The molecule has 11 heteroatoms. The normalized spacial score (nSPS) is 12.9. The van der Waals surface area contributed by atoms with Gasteiger partial charge in [0.2, 0.25) is 20.0 Å². The van der Waals surface area contributed by atoms with Gasteiger partial charge in [0, 0.05) is 0 Å². The molecule has 0 saturated heterocycles. The van der Waals surface area contributed by atoms with Crippen LogP contribution in [-0.2, 0) is 29.6 Å². The van der Waals surface area contributed by atoms with E-state index in [1.807, 2.05) is 0 Å². The summed E-state index contributed by atoms with van der Waals surface area (Å²) in [5.74, 6) is -0.394. The Morgan fingerprint density at radius 2 is 1.57 bits per heavy atom. The van der Waals surface area contributed by atoms with E-state index in [2.05, 4.69) is 4.72 Å². The van der Waals surface area contributed by atoms with E-state index in [0.717, 1.165) is 0 Å². The van der Waals surface area contributed by atoms with Crippen molar-refractivity contribution >= 4 is 26.0 Å². The number of hydrogen-bond donors (Lipinski definition) is 2. The van der Waals surface area contributed by atoms with Crippen molar-refractivity contribution < 1.29 is 31.1 Å². The van der Waals surface area contributed by atoms with Gasteiger partial charge in [0.15, 0.2) is 0 Å². The number of nitrogens with two attached hydrogens (primary N) is 1. The Morgan fingerprint density at radius 3 is 2.14 bits per heavy atom. The fraction of sp³-hybridized carbons (Fsp3) is 0.235. The molecule has 2 rings (SSSR count). The third-order valence-corrected chi connectivity index (χ3v) is 5.97. The molecule has 0 aliphatic heterocycles. The van der Waals surface area contributed by atoms with Crippen LogP contribution in [0.3, 0.4) is 0 Å². The van der Waals surface area contributed by atoms with Gasteiger partial charge < -0.3 is 9.47 Å². The molecule has 0 bridgehead atoms. The zero-order valence-corrected chi connectivity index (χ0v) is 16.6. The van der Waals surface area contributed by atoms with Crippen molar-refractivity contribution in [2.24, 2.45) is 5.14 Å². The second kappa shape index (κ2) is 9.15. The maximum Gasteiger partial charge on any atom is 0.324 e. The topological polar surface area (TPSA) is 142 Å². The number of esters is 1. The Morgan fingerprint density at radius 1 is 0.964 bits per heavy atom. The standard InChI is InChI=1S/C17H20N2O7S2/c1-13(19-28(23,24)16-5-3-2-4-6-16)17(20)26-12-11-25-14-7-9-15(10-8-14)27(18,21)22/h2-10,13,19H,11-12H2,1H3,(H2,18,21,22)/t13-/m0/s1. The molecule has 0 spiro atoms. The lowest BCUT2D eigenvalue weighted by Crippen LogP contribution is -2.39. The average molecular weight is 428 g/mol. The number of ether oxygens (including phenoxy) is 2. The van der Waals surface area contributed by atoms with Crippen LogP contribution in [0.15, 0.2) is 64.4 Å². The third-order valence-electron chi connectivity index (χ3n) is 3.49. The highest BCUT2D eigenvalue weighted by atomic mass is 32.2. The first kappa shape index (κ1) is 21.8. The van der Waals surface area contributed by atoms with Crippen LogP contribution < -0.4 is 14.6 Å². The molecule has 0 saturated carbocycles. The van der Waals surface area contributed by atoms with E-state index in [4.69, 9.17) is 14.6 Å². The second-order valence-corrected chi connectivity index (χ2v) is 8.96. The molecule has 28 heavy (non-hydrogen) atoms. The zero-order valence-electron chi connectivity index (χ0n) is 14.9. The summed E-state index contributed by atoms with van der Waals surface area (Å²) in [7, 11) is -7.62. The van der Waals surface area contributed by atoms with Gasteiger partial charge in [-0.15, -0.1) is 0 Å². The van der Waals surface area contributed by atoms with Gasteiger partial charge in [-0.1, -0.05) is 18.2 Å². The molecule has 0 amide bonds. The summed E-state index contributed by atoms with van der Waals surface area (Å²) < 4.78 is 59.2. The molecule has 0 heterocycles. The second-order valence-electron chi connectivity index (χ2n) is 5.69. The largest absolute Gasteiger partial charge is 0.490 e. The van der Waals surface area contributed by atoms with Crippen molar-refractivity contribution in [3.05, 3.63) is 54.6 Å². The van der Waals surface area contributed by atoms with Gasteiger partial charge in [-0.25, -0.2) is 22.0 Å². The molecular weight excluding hydrogens is 408 g/mol. The highest BCUT2D eigenvalue weighted by molar-refractivity contribution is 7.89. The molecule has 0 fully saturated rings. The molecule has 1 atom stereocenters. The van der Waals surface area contributed by atoms with E-state index >= 15 is 0 Å². The molecular formula is C17H20N2O7S2. The minimum Gasteiger partial charge on any atom is -0.490 e. The van der Waals surface area contributed by atoms with Crippen LogP contribution in [0.4, 0.5) is 0 Å². The van der Waals surface area contributed by atoms with Crippen molar-refractivity contribution in [3.63, 3.8) is 0 Å². The van der Waals surface area contributed by atoms with Gasteiger partial charge in [-0.3, -0.25) is 4.79 Å². The van der Waals surface area contributed by atoms with Crippen molar-refractivity contribution in [2.75, 3.05) is 13.2 Å². The smallest absolute Gasteiger partial charge is 0.324 e. The minimum absolute atomic E-state index is 0.00137. The van der Waals surface area contributed by atoms with Gasteiger partial charge in [0.1, 0.15) is 25.0 Å². The van der Waals surface area contributed by atoms with Gasteiger partial charge in [-0.2, -0.15) is 4.72 Å². The molecule has 152 valence electrons. The number of nitrogens with one attached hydrogen (secondary N) is 1. The monoisotopic (exact) mass is 428 g/mol. The van der Waals surface area contributed by atoms with Crippen molar-refractivity contribution in [2.45, 2.75) is 22.8 Å². The van der Waals surface area contributed by atoms with Crippen LogP contribution in [0.5, 0.6) is 5.75 Å². The first-order chi connectivity index (χ1) is 13.1. The Labute approximate surface area is 163 Å². The van der Waals surface area contributed by atoms with Gasteiger partial charge in [-0.05, 0) is 43.3 Å². The number of carbonyl (C=O) groups excluding carboxylic acids is 1. The number of hydrogen-bond acceptors (Lipinski definition) is 7. The lowest BCUT2D eigenvalue weighted by atomic mass is 10.3. The molecule has 3 N–H and O–H groups in total. The summed E-state index contributed by atoms with van der Waals surface area (Å²) in [4.78, 5) is 11.9. The number of rotatable bonds is 9. The van der Waals surface area contributed by atoms with Crippen molar-refractivity contribution in [1.29, 1.82) is 0 Å². The molecule has 0 aromatic heterocycles. The van der Waals surface area contributed by atoms with Crippen LogP contribution in [0.25, 0.3) is 0 Å². The molecule has 0 unspecified atom stereocenters.